The van der Waals surface area contributed by atoms with Crippen LogP contribution in [0, 0.1) is 24.0 Å². The molecule has 0 spiro atoms. The summed E-state index contributed by atoms with van der Waals surface area (Å²) in [5, 5.41) is 14.3. The lowest BCUT2D eigenvalue weighted by Crippen LogP contribution is -2.08. The molecule has 0 radical (unpaired) electrons. The van der Waals surface area contributed by atoms with E-state index in [9.17, 15) is 10.1 Å². The highest BCUT2D eigenvalue weighted by molar-refractivity contribution is 5.65. The van der Waals surface area contributed by atoms with Crippen LogP contribution in [0.1, 0.15) is 30.0 Å². The van der Waals surface area contributed by atoms with Gasteiger partial charge in [-0.15, -0.1) is 0 Å². The Balaban J connectivity index is 2.33. The number of anilines is 1. The van der Waals surface area contributed by atoms with Gasteiger partial charge in [0, 0.05) is 17.7 Å². The average molecular weight is 290 g/mol. The fraction of sp³-hybridized carbons (Fsp3) is 0.333. The van der Waals surface area contributed by atoms with Gasteiger partial charge in [0.15, 0.2) is 0 Å². The normalized spacial score (nSPS) is 12.0. The van der Waals surface area contributed by atoms with Crippen molar-refractivity contribution < 1.29 is 14.1 Å². The number of nitro benzene ring substituents is 1. The Kier molecular flexibility index (Phi) is 4.16. The molecule has 21 heavy (non-hydrogen) atoms. The van der Waals surface area contributed by atoms with Crippen molar-refractivity contribution in [3.8, 4) is 5.75 Å². The first kappa shape index (κ1) is 14.9. The standard InChI is InChI=1S/C15H18N2O4/c1-9-7-13(11(3)21-9)10(2)16-14-8-12(20-4)5-6-15(14)17(18)19/h5-8,10,16H,1-4H3. The van der Waals surface area contributed by atoms with E-state index in [1.54, 1.807) is 12.1 Å². The van der Waals surface area contributed by atoms with Crippen LogP contribution in [0.15, 0.2) is 28.7 Å². The van der Waals surface area contributed by atoms with Crippen molar-refractivity contribution in [2.24, 2.45) is 0 Å². The van der Waals surface area contributed by atoms with E-state index in [1.165, 1.54) is 13.2 Å². The van der Waals surface area contributed by atoms with Crippen LogP contribution in [0.25, 0.3) is 0 Å². The third kappa shape index (κ3) is 3.16. The predicted octanol–water partition coefficient (Wildman–Crippen LogP) is 3.99. The van der Waals surface area contributed by atoms with E-state index in [4.69, 9.17) is 9.15 Å². The van der Waals surface area contributed by atoms with Gasteiger partial charge in [0.25, 0.3) is 5.69 Å². The Morgan fingerprint density at radius 3 is 2.57 bits per heavy atom. The van der Waals surface area contributed by atoms with E-state index in [2.05, 4.69) is 5.32 Å². The van der Waals surface area contributed by atoms with Gasteiger partial charge in [0.05, 0.1) is 18.1 Å². The first-order chi connectivity index (χ1) is 9.92. The third-order valence-electron chi connectivity index (χ3n) is 3.32. The minimum atomic E-state index is -0.415. The molecule has 0 aliphatic heterocycles. The Bertz CT molecular complexity index is 664. The molecule has 0 aliphatic rings. The number of hydrogen-bond donors (Lipinski definition) is 1. The maximum Gasteiger partial charge on any atom is 0.292 e. The monoisotopic (exact) mass is 290 g/mol. The van der Waals surface area contributed by atoms with Gasteiger partial charge in [-0.25, -0.2) is 0 Å². The first-order valence-electron chi connectivity index (χ1n) is 6.58. The maximum absolute atomic E-state index is 11.1. The lowest BCUT2D eigenvalue weighted by atomic mass is 10.1. The second kappa shape index (κ2) is 5.87. The van der Waals surface area contributed by atoms with Gasteiger partial charge >= 0.3 is 0 Å². The highest BCUT2D eigenvalue weighted by Gasteiger charge is 2.19. The Morgan fingerprint density at radius 2 is 2.05 bits per heavy atom. The molecule has 0 saturated heterocycles. The molecule has 0 aliphatic carbocycles. The molecule has 1 atom stereocenters. The number of nitrogens with zero attached hydrogens (tertiary/aromatic N) is 1. The zero-order chi connectivity index (χ0) is 15.6. The van der Waals surface area contributed by atoms with E-state index < -0.39 is 4.92 Å². The van der Waals surface area contributed by atoms with Crippen LogP contribution in [-0.4, -0.2) is 12.0 Å². The van der Waals surface area contributed by atoms with Crippen LogP contribution < -0.4 is 10.1 Å². The number of rotatable bonds is 5. The average Bonchev–Trinajstić information content (AvgIpc) is 2.77. The minimum Gasteiger partial charge on any atom is -0.497 e. The second-order valence-corrected chi connectivity index (χ2v) is 4.87. The number of aryl methyl sites for hydroxylation is 2. The molecule has 0 fully saturated rings. The van der Waals surface area contributed by atoms with Crippen molar-refractivity contribution in [1.82, 2.24) is 0 Å². The number of furan rings is 1. The Labute approximate surface area is 122 Å². The van der Waals surface area contributed by atoms with Crippen molar-refractivity contribution >= 4 is 11.4 Å². The highest BCUT2D eigenvalue weighted by Crippen LogP contribution is 2.33. The van der Waals surface area contributed by atoms with Gasteiger partial charge in [-0.05, 0) is 32.9 Å². The first-order valence-corrected chi connectivity index (χ1v) is 6.58. The Morgan fingerprint density at radius 1 is 1.33 bits per heavy atom. The fourth-order valence-corrected chi connectivity index (χ4v) is 2.31. The summed E-state index contributed by atoms with van der Waals surface area (Å²) in [5.41, 5.74) is 1.41. The van der Waals surface area contributed by atoms with Crippen molar-refractivity contribution in [3.63, 3.8) is 0 Å². The van der Waals surface area contributed by atoms with E-state index in [-0.39, 0.29) is 11.7 Å². The zero-order valence-corrected chi connectivity index (χ0v) is 12.5. The maximum atomic E-state index is 11.1. The topological polar surface area (TPSA) is 77.5 Å². The van der Waals surface area contributed by atoms with Crippen LogP contribution in [0.5, 0.6) is 5.75 Å². The zero-order valence-electron chi connectivity index (χ0n) is 12.5. The molecule has 1 aromatic carbocycles. The summed E-state index contributed by atoms with van der Waals surface area (Å²) < 4.78 is 10.6. The van der Waals surface area contributed by atoms with E-state index >= 15 is 0 Å². The summed E-state index contributed by atoms with van der Waals surface area (Å²) in [6.45, 7) is 5.68. The molecule has 1 unspecified atom stereocenters. The lowest BCUT2D eigenvalue weighted by Gasteiger charge is -2.15. The van der Waals surface area contributed by atoms with Gasteiger partial charge < -0.3 is 14.5 Å². The summed E-state index contributed by atoms with van der Waals surface area (Å²) in [6.07, 6.45) is 0. The van der Waals surface area contributed by atoms with Crippen LogP contribution in [0.2, 0.25) is 0 Å². The van der Waals surface area contributed by atoms with E-state index in [0.29, 0.717) is 11.4 Å². The van der Waals surface area contributed by atoms with Crippen LogP contribution >= 0.6 is 0 Å². The quantitative estimate of drug-likeness (QED) is 0.665. The highest BCUT2D eigenvalue weighted by atomic mass is 16.6. The lowest BCUT2D eigenvalue weighted by molar-refractivity contribution is -0.384. The molecular formula is C15H18N2O4. The SMILES string of the molecule is COc1ccc([N+](=O)[O-])c(NC(C)c2cc(C)oc2C)c1. The molecule has 0 bridgehead atoms. The van der Waals surface area contributed by atoms with Crippen LogP contribution in [-0.2, 0) is 0 Å². The number of ether oxygens (including phenoxy) is 1. The second-order valence-electron chi connectivity index (χ2n) is 4.87. The van der Waals surface area contributed by atoms with Crippen molar-refractivity contribution in [3.05, 3.63) is 51.5 Å². The molecule has 112 valence electrons. The molecule has 2 rings (SSSR count). The van der Waals surface area contributed by atoms with Gasteiger partial charge in [-0.1, -0.05) is 0 Å². The molecule has 1 N–H and O–H groups in total. The summed E-state index contributed by atoms with van der Waals surface area (Å²) in [5.74, 6) is 2.18. The molecule has 1 aromatic heterocycles. The van der Waals surface area contributed by atoms with Crippen molar-refractivity contribution in [2.45, 2.75) is 26.8 Å². The number of methoxy groups -OCH3 is 1. The van der Waals surface area contributed by atoms with Gasteiger partial charge in [-0.2, -0.15) is 0 Å². The third-order valence-corrected chi connectivity index (χ3v) is 3.32. The number of benzene rings is 1. The largest absolute Gasteiger partial charge is 0.497 e. The van der Waals surface area contributed by atoms with E-state index in [1.807, 2.05) is 26.8 Å². The molecular weight excluding hydrogens is 272 g/mol. The molecule has 0 saturated carbocycles. The summed E-state index contributed by atoms with van der Waals surface area (Å²) in [6, 6.07) is 6.44. The number of hydrogen-bond acceptors (Lipinski definition) is 5. The summed E-state index contributed by atoms with van der Waals surface area (Å²) in [7, 11) is 1.53. The summed E-state index contributed by atoms with van der Waals surface area (Å²) in [4.78, 5) is 10.7. The summed E-state index contributed by atoms with van der Waals surface area (Å²) >= 11 is 0. The van der Waals surface area contributed by atoms with Crippen molar-refractivity contribution in [1.29, 1.82) is 0 Å². The fourth-order valence-electron chi connectivity index (χ4n) is 2.31. The molecule has 0 amide bonds. The minimum absolute atomic E-state index is 0.0144. The molecule has 6 nitrogen and oxygen atoms in total. The Hall–Kier alpha value is -2.50. The van der Waals surface area contributed by atoms with Crippen LogP contribution in [0.4, 0.5) is 11.4 Å². The molecule has 1 heterocycles. The predicted molar refractivity (Wildman–Crippen MR) is 79.9 cm³/mol. The van der Waals surface area contributed by atoms with Crippen LogP contribution in [0.3, 0.4) is 0 Å². The molecule has 6 heteroatoms. The van der Waals surface area contributed by atoms with Crippen molar-refractivity contribution in [2.75, 3.05) is 12.4 Å². The number of nitrogens with one attached hydrogen (secondary N) is 1. The van der Waals surface area contributed by atoms with Gasteiger partial charge in [0.1, 0.15) is 23.0 Å². The van der Waals surface area contributed by atoms with Gasteiger partial charge in [-0.3, -0.25) is 10.1 Å². The smallest absolute Gasteiger partial charge is 0.292 e. The number of nitro groups is 1. The molecule has 2 aromatic rings. The van der Waals surface area contributed by atoms with E-state index in [0.717, 1.165) is 17.1 Å². The van der Waals surface area contributed by atoms with Gasteiger partial charge in [0.2, 0.25) is 0 Å².